The van der Waals surface area contributed by atoms with E-state index in [1.165, 1.54) is 11.3 Å². The predicted octanol–water partition coefficient (Wildman–Crippen LogP) is 4.88. The Kier molecular flexibility index (Phi) is 6.68. The number of carbonyl (C=O) groups excluding carboxylic acids is 2. The number of fused-ring (bicyclic) bond motifs is 1. The van der Waals surface area contributed by atoms with Crippen molar-refractivity contribution in [1.29, 1.82) is 0 Å². The lowest BCUT2D eigenvalue weighted by Crippen LogP contribution is -2.25. The first kappa shape index (κ1) is 22.8. The van der Waals surface area contributed by atoms with Crippen LogP contribution in [0.15, 0.2) is 47.8 Å². The van der Waals surface area contributed by atoms with Crippen molar-refractivity contribution in [3.63, 3.8) is 0 Å². The van der Waals surface area contributed by atoms with Crippen LogP contribution in [0.1, 0.15) is 27.6 Å². The van der Waals surface area contributed by atoms with Crippen LogP contribution in [-0.4, -0.2) is 28.6 Å². The van der Waals surface area contributed by atoms with Gasteiger partial charge in [0, 0.05) is 16.6 Å². The Morgan fingerprint density at radius 1 is 1.18 bits per heavy atom. The summed E-state index contributed by atoms with van der Waals surface area (Å²) in [5, 5.41) is 14.4. The summed E-state index contributed by atoms with van der Waals surface area (Å²) in [6.45, 7) is 0.0309. The molecule has 0 aliphatic carbocycles. The molecule has 0 aliphatic rings. The molecule has 2 aromatic carbocycles. The minimum atomic E-state index is -1.19. The highest BCUT2D eigenvalue weighted by Crippen LogP contribution is 2.31. The molecule has 2 heterocycles. The molecular weight excluding hydrogens is 472 g/mol. The predicted molar refractivity (Wildman–Crippen MR) is 125 cm³/mol. The number of halogens is 3. The molecular formula is C22H18ClF2N5O2S. The molecule has 4 aromatic rings. The summed E-state index contributed by atoms with van der Waals surface area (Å²) in [4.78, 5) is 25.9. The summed E-state index contributed by atoms with van der Waals surface area (Å²) in [5.74, 6) is -3.74. The molecule has 0 spiro atoms. The zero-order chi connectivity index (χ0) is 23.5. The fourth-order valence-electron chi connectivity index (χ4n) is 3.43. The maximum absolute atomic E-state index is 14.5. The molecule has 1 atom stereocenters. The minimum absolute atomic E-state index is 0.0100. The normalized spacial score (nSPS) is 12.0. The van der Waals surface area contributed by atoms with Crippen LogP contribution in [0, 0.1) is 11.6 Å². The van der Waals surface area contributed by atoms with Crippen LogP contribution in [0.3, 0.4) is 0 Å². The lowest BCUT2D eigenvalue weighted by Gasteiger charge is -2.18. The number of thiophene rings is 1. The number of H-pyrrole nitrogens is 1. The van der Waals surface area contributed by atoms with Gasteiger partial charge in [-0.2, -0.15) is 5.10 Å². The van der Waals surface area contributed by atoms with Gasteiger partial charge in [0.25, 0.3) is 5.91 Å². The van der Waals surface area contributed by atoms with Crippen molar-refractivity contribution >= 4 is 57.2 Å². The van der Waals surface area contributed by atoms with E-state index in [4.69, 9.17) is 17.3 Å². The monoisotopic (exact) mass is 489 g/mol. The van der Waals surface area contributed by atoms with Gasteiger partial charge in [0.1, 0.15) is 11.6 Å². The number of benzene rings is 2. The fourth-order valence-corrected chi connectivity index (χ4v) is 4.21. The molecule has 0 bridgehead atoms. The van der Waals surface area contributed by atoms with Gasteiger partial charge in [0.15, 0.2) is 5.82 Å². The van der Waals surface area contributed by atoms with Crippen LogP contribution < -0.4 is 16.4 Å². The molecule has 33 heavy (non-hydrogen) atoms. The number of anilines is 2. The summed E-state index contributed by atoms with van der Waals surface area (Å²) in [5.41, 5.74) is 6.14. The number of hydrogen-bond donors (Lipinski definition) is 4. The number of hydrogen-bond acceptors (Lipinski definition) is 5. The molecule has 4 rings (SSSR count). The van der Waals surface area contributed by atoms with Crippen LogP contribution >= 0.6 is 22.9 Å². The number of rotatable bonds is 7. The van der Waals surface area contributed by atoms with E-state index in [1.54, 1.807) is 35.7 Å². The highest BCUT2D eigenvalue weighted by atomic mass is 35.5. The Bertz CT molecular complexity index is 1330. The van der Waals surface area contributed by atoms with E-state index >= 15 is 0 Å². The number of nitrogens with two attached hydrogens (primary N) is 1. The van der Waals surface area contributed by atoms with Gasteiger partial charge in [-0.1, -0.05) is 17.7 Å². The molecule has 0 unspecified atom stereocenters. The summed E-state index contributed by atoms with van der Waals surface area (Å²) in [6.07, 6.45) is 0.0100. The largest absolute Gasteiger partial charge is 0.330 e. The van der Waals surface area contributed by atoms with Gasteiger partial charge in [-0.25, -0.2) is 8.78 Å². The maximum atomic E-state index is 14.5. The highest BCUT2D eigenvalue weighted by molar-refractivity contribution is 7.12. The van der Waals surface area contributed by atoms with Crippen molar-refractivity contribution in [2.75, 3.05) is 17.2 Å². The van der Waals surface area contributed by atoms with Crippen LogP contribution in [-0.2, 0) is 4.79 Å². The SMILES string of the molecule is NCC[C@@H](C(=O)Nc1ccc2[nH]nc(NC(=O)c3cccs3)c2c1)c1c(F)ccc(Cl)c1F. The molecule has 0 fully saturated rings. The third-order valence-corrected chi connectivity index (χ3v) is 6.17. The van der Waals surface area contributed by atoms with E-state index in [0.717, 1.165) is 12.1 Å². The van der Waals surface area contributed by atoms with E-state index in [0.29, 0.717) is 21.5 Å². The van der Waals surface area contributed by atoms with E-state index in [9.17, 15) is 18.4 Å². The van der Waals surface area contributed by atoms with E-state index in [-0.39, 0.29) is 29.7 Å². The average molecular weight is 490 g/mol. The molecule has 170 valence electrons. The van der Waals surface area contributed by atoms with Crippen LogP contribution in [0.5, 0.6) is 0 Å². The second kappa shape index (κ2) is 9.65. The Morgan fingerprint density at radius 2 is 2.00 bits per heavy atom. The van der Waals surface area contributed by atoms with E-state index in [1.807, 2.05) is 0 Å². The van der Waals surface area contributed by atoms with E-state index < -0.39 is 29.0 Å². The number of nitrogens with one attached hydrogen (secondary N) is 3. The maximum Gasteiger partial charge on any atom is 0.266 e. The van der Waals surface area contributed by atoms with Gasteiger partial charge in [-0.15, -0.1) is 11.3 Å². The van der Waals surface area contributed by atoms with Crippen LogP contribution in [0.2, 0.25) is 5.02 Å². The first-order valence-corrected chi connectivity index (χ1v) is 11.1. The summed E-state index contributed by atoms with van der Waals surface area (Å²) < 4.78 is 28.9. The third-order valence-electron chi connectivity index (χ3n) is 5.01. The van der Waals surface area contributed by atoms with Gasteiger partial charge < -0.3 is 16.4 Å². The average Bonchev–Trinajstić information content (AvgIpc) is 3.46. The molecule has 0 saturated heterocycles. The highest BCUT2D eigenvalue weighted by Gasteiger charge is 2.28. The zero-order valence-electron chi connectivity index (χ0n) is 17.0. The minimum Gasteiger partial charge on any atom is -0.330 e. The van der Waals surface area contributed by atoms with Crippen molar-refractivity contribution in [3.05, 3.63) is 74.9 Å². The van der Waals surface area contributed by atoms with Crippen molar-refractivity contribution < 1.29 is 18.4 Å². The van der Waals surface area contributed by atoms with Gasteiger partial charge in [-0.3, -0.25) is 14.7 Å². The van der Waals surface area contributed by atoms with E-state index in [2.05, 4.69) is 20.8 Å². The summed E-state index contributed by atoms with van der Waals surface area (Å²) in [7, 11) is 0. The topological polar surface area (TPSA) is 113 Å². The molecule has 0 aliphatic heterocycles. The molecule has 7 nitrogen and oxygen atoms in total. The Balaban J connectivity index is 1.60. The Morgan fingerprint density at radius 3 is 2.73 bits per heavy atom. The van der Waals surface area contributed by atoms with Crippen molar-refractivity contribution in [1.82, 2.24) is 10.2 Å². The Labute approximate surface area is 195 Å². The van der Waals surface area contributed by atoms with Crippen LogP contribution in [0.4, 0.5) is 20.3 Å². The Hall–Kier alpha value is -3.34. The first-order chi connectivity index (χ1) is 15.9. The third kappa shape index (κ3) is 4.72. The molecule has 2 amide bonds. The molecule has 11 heteroatoms. The van der Waals surface area contributed by atoms with Crippen LogP contribution in [0.25, 0.3) is 10.9 Å². The summed E-state index contributed by atoms with van der Waals surface area (Å²) >= 11 is 7.09. The first-order valence-electron chi connectivity index (χ1n) is 9.86. The quantitative estimate of drug-likeness (QED) is 0.277. The lowest BCUT2D eigenvalue weighted by molar-refractivity contribution is -0.117. The van der Waals surface area contributed by atoms with Gasteiger partial charge >= 0.3 is 0 Å². The summed E-state index contributed by atoms with van der Waals surface area (Å²) in [6, 6.07) is 10.4. The number of nitrogens with zero attached hydrogens (tertiary/aromatic N) is 1. The van der Waals surface area contributed by atoms with Crippen molar-refractivity contribution in [2.45, 2.75) is 12.3 Å². The number of amides is 2. The van der Waals surface area contributed by atoms with Crippen molar-refractivity contribution in [3.8, 4) is 0 Å². The molecule has 5 N–H and O–H groups in total. The fraction of sp³-hybridized carbons (Fsp3) is 0.136. The smallest absolute Gasteiger partial charge is 0.266 e. The molecule has 2 aromatic heterocycles. The molecule has 0 saturated carbocycles. The van der Waals surface area contributed by atoms with Gasteiger partial charge in [-0.05, 0) is 54.7 Å². The number of carbonyl (C=O) groups is 2. The zero-order valence-corrected chi connectivity index (χ0v) is 18.6. The van der Waals surface area contributed by atoms with Gasteiger partial charge in [0.2, 0.25) is 5.91 Å². The van der Waals surface area contributed by atoms with Crippen molar-refractivity contribution in [2.24, 2.45) is 5.73 Å². The second-order valence-corrected chi connectivity index (χ2v) is 8.49. The lowest BCUT2D eigenvalue weighted by atomic mass is 9.93. The number of aromatic nitrogens is 2. The second-order valence-electron chi connectivity index (χ2n) is 7.14. The van der Waals surface area contributed by atoms with Gasteiger partial charge in [0.05, 0.1) is 21.3 Å². The standard InChI is InChI=1S/C22H18ClF2N5O2S/c23-14-4-5-15(24)18(19(14)25)12(7-8-26)21(31)27-11-3-6-16-13(10-11)20(30-29-16)28-22(32)17-2-1-9-33-17/h1-6,9-10,12H,7-8,26H2,(H,27,31)(H2,28,29,30,32)/t12-/m1/s1. The molecule has 0 radical (unpaired) electrons. The number of aromatic amines is 1.